The molecular weight excluding hydrogens is 392 g/mol. The van der Waals surface area contributed by atoms with E-state index in [0.29, 0.717) is 25.5 Å². The first-order valence-corrected chi connectivity index (χ1v) is 9.13. The van der Waals surface area contributed by atoms with Crippen LogP contribution in [0.5, 0.6) is 5.75 Å². The summed E-state index contributed by atoms with van der Waals surface area (Å²) in [5.74, 6) is -0.614. The van der Waals surface area contributed by atoms with E-state index in [9.17, 15) is 14.7 Å². The van der Waals surface area contributed by atoms with Crippen molar-refractivity contribution in [2.45, 2.75) is 0 Å². The minimum absolute atomic E-state index is 0.102. The largest absolute Gasteiger partial charge is 0.508 e. The fourth-order valence-corrected chi connectivity index (χ4v) is 3.69. The third kappa shape index (κ3) is 4.24. The summed E-state index contributed by atoms with van der Waals surface area (Å²) in [6.07, 6.45) is 1.67. The summed E-state index contributed by atoms with van der Waals surface area (Å²) in [4.78, 5) is 26.4. The van der Waals surface area contributed by atoms with Crippen LogP contribution < -0.4 is 5.32 Å². The number of hydrogen-bond donors (Lipinski definition) is 2. The summed E-state index contributed by atoms with van der Waals surface area (Å²) in [6, 6.07) is 13.2. The second-order valence-electron chi connectivity index (χ2n) is 5.38. The summed E-state index contributed by atoms with van der Waals surface area (Å²) in [5, 5.41) is 12.4. The van der Waals surface area contributed by atoms with E-state index in [1.54, 1.807) is 36.4 Å². The molecule has 1 aliphatic heterocycles. The number of halogens is 1. The Balaban J connectivity index is 1.70. The zero-order valence-electron chi connectivity index (χ0n) is 13.3. The maximum atomic E-state index is 12.6. The highest BCUT2D eigenvalue weighted by Crippen LogP contribution is 2.33. The van der Waals surface area contributed by atoms with Gasteiger partial charge in [0.2, 0.25) is 5.91 Å². The molecule has 1 fully saturated rings. The molecule has 0 atom stereocenters. The van der Waals surface area contributed by atoms with Gasteiger partial charge in [-0.25, -0.2) is 0 Å². The van der Waals surface area contributed by atoms with Gasteiger partial charge in [-0.15, -0.1) is 0 Å². The number of benzene rings is 2. The van der Waals surface area contributed by atoms with Gasteiger partial charge in [-0.1, -0.05) is 53.8 Å². The van der Waals surface area contributed by atoms with Crippen molar-refractivity contribution in [2.75, 3.05) is 11.9 Å². The lowest BCUT2D eigenvalue weighted by Gasteiger charge is -2.14. The molecule has 0 aromatic heterocycles. The number of anilines is 1. The Bertz CT molecular complexity index is 913. The van der Waals surface area contributed by atoms with Gasteiger partial charge in [0.1, 0.15) is 16.6 Å². The molecular formula is C18H13ClN2O3S2. The summed E-state index contributed by atoms with van der Waals surface area (Å²) < 4.78 is 0.314. The molecule has 0 aliphatic carbocycles. The van der Waals surface area contributed by atoms with E-state index >= 15 is 0 Å². The van der Waals surface area contributed by atoms with E-state index in [1.807, 2.05) is 6.07 Å². The van der Waals surface area contributed by atoms with E-state index in [4.69, 9.17) is 23.8 Å². The Labute approximate surface area is 164 Å². The smallest absolute Gasteiger partial charge is 0.266 e. The number of amides is 2. The van der Waals surface area contributed by atoms with Crippen molar-refractivity contribution in [1.29, 1.82) is 0 Å². The van der Waals surface area contributed by atoms with Crippen molar-refractivity contribution in [1.82, 2.24) is 4.90 Å². The van der Waals surface area contributed by atoms with Crippen LogP contribution in [0.3, 0.4) is 0 Å². The van der Waals surface area contributed by atoms with Crippen LogP contribution >= 0.6 is 35.6 Å². The minimum atomic E-state index is -0.383. The molecule has 0 bridgehead atoms. The zero-order chi connectivity index (χ0) is 18.7. The minimum Gasteiger partial charge on any atom is -0.508 e. The zero-order valence-corrected chi connectivity index (χ0v) is 15.7. The van der Waals surface area contributed by atoms with Gasteiger partial charge in [0.15, 0.2) is 0 Å². The van der Waals surface area contributed by atoms with E-state index < -0.39 is 0 Å². The van der Waals surface area contributed by atoms with Crippen molar-refractivity contribution in [3.05, 3.63) is 64.0 Å². The fraction of sp³-hybridized carbons (Fsp3) is 0.0556. The third-order valence-electron chi connectivity index (χ3n) is 3.52. The molecule has 0 unspecified atom stereocenters. The summed E-state index contributed by atoms with van der Waals surface area (Å²) in [5.41, 5.74) is 1.23. The molecule has 26 heavy (non-hydrogen) atoms. The van der Waals surface area contributed by atoms with Gasteiger partial charge in [0, 0.05) is 10.7 Å². The van der Waals surface area contributed by atoms with Crippen molar-refractivity contribution >= 4 is 63.5 Å². The van der Waals surface area contributed by atoms with Crippen molar-refractivity contribution in [3.8, 4) is 5.75 Å². The lowest BCUT2D eigenvalue weighted by atomic mass is 10.2. The van der Waals surface area contributed by atoms with Crippen molar-refractivity contribution in [2.24, 2.45) is 0 Å². The first-order chi connectivity index (χ1) is 12.4. The van der Waals surface area contributed by atoms with Crippen LogP contribution in [0.2, 0.25) is 5.02 Å². The molecule has 5 nitrogen and oxygen atoms in total. The van der Waals surface area contributed by atoms with Gasteiger partial charge >= 0.3 is 0 Å². The number of phenols is 1. The SMILES string of the molecule is O=C(CN1C(=O)C(=Cc2ccccc2Cl)SC1=S)Nc1ccc(O)cc1. The van der Waals surface area contributed by atoms with Gasteiger partial charge < -0.3 is 10.4 Å². The Kier molecular flexibility index (Phi) is 5.61. The Hall–Kier alpha value is -2.35. The first-order valence-electron chi connectivity index (χ1n) is 7.53. The topological polar surface area (TPSA) is 69.6 Å². The molecule has 1 heterocycles. The molecule has 2 aromatic rings. The number of thiocarbonyl (C=S) groups is 1. The number of nitrogens with one attached hydrogen (secondary N) is 1. The molecule has 8 heteroatoms. The summed E-state index contributed by atoms with van der Waals surface area (Å²) in [6.45, 7) is -0.189. The number of carbonyl (C=O) groups excluding carboxylic acids is 2. The maximum Gasteiger partial charge on any atom is 0.266 e. The molecule has 1 saturated heterocycles. The highest BCUT2D eigenvalue weighted by Gasteiger charge is 2.33. The van der Waals surface area contributed by atoms with Crippen LogP contribution in [0.1, 0.15) is 5.56 Å². The Morgan fingerprint density at radius 1 is 1.23 bits per heavy atom. The number of carbonyl (C=O) groups is 2. The lowest BCUT2D eigenvalue weighted by Crippen LogP contribution is -2.36. The average molecular weight is 405 g/mol. The average Bonchev–Trinajstić information content (AvgIpc) is 2.86. The predicted octanol–water partition coefficient (Wildman–Crippen LogP) is 3.89. The Morgan fingerprint density at radius 2 is 1.92 bits per heavy atom. The van der Waals surface area contributed by atoms with Crippen LogP contribution in [0.15, 0.2) is 53.4 Å². The van der Waals surface area contributed by atoms with Crippen LogP contribution in [0, 0.1) is 0 Å². The van der Waals surface area contributed by atoms with Crippen molar-refractivity contribution < 1.29 is 14.7 Å². The summed E-state index contributed by atoms with van der Waals surface area (Å²) >= 11 is 12.5. The first kappa shape index (κ1) is 18.4. The molecule has 0 spiro atoms. The van der Waals surface area contributed by atoms with Crippen LogP contribution in [-0.2, 0) is 9.59 Å². The number of phenolic OH excluding ortho intramolecular Hbond substituents is 1. The molecule has 0 radical (unpaired) electrons. The predicted molar refractivity (Wildman–Crippen MR) is 108 cm³/mol. The van der Waals surface area contributed by atoms with E-state index in [0.717, 1.165) is 11.8 Å². The molecule has 0 saturated carbocycles. The quantitative estimate of drug-likeness (QED) is 0.459. The molecule has 2 aromatic carbocycles. The van der Waals surface area contributed by atoms with E-state index in [1.165, 1.54) is 17.0 Å². The number of nitrogens with zero attached hydrogens (tertiary/aromatic N) is 1. The van der Waals surface area contributed by atoms with Crippen LogP contribution in [0.4, 0.5) is 5.69 Å². The van der Waals surface area contributed by atoms with E-state index in [2.05, 4.69) is 5.32 Å². The summed E-state index contributed by atoms with van der Waals surface area (Å²) in [7, 11) is 0. The molecule has 2 amide bonds. The molecule has 2 N–H and O–H groups in total. The van der Waals surface area contributed by atoms with Gasteiger partial charge in [-0.3, -0.25) is 14.5 Å². The highest BCUT2D eigenvalue weighted by atomic mass is 35.5. The molecule has 3 rings (SSSR count). The van der Waals surface area contributed by atoms with Gasteiger partial charge in [0.25, 0.3) is 5.91 Å². The number of rotatable bonds is 4. The van der Waals surface area contributed by atoms with Crippen LogP contribution in [-0.4, -0.2) is 32.7 Å². The second-order valence-corrected chi connectivity index (χ2v) is 7.47. The third-order valence-corrected chi connectivity index (χ3v) is 5.24. The van der Waals surface area contributed by atoms with Gasteiger partial charge in [0.05, 0.1) is 4.91 Å². The normalized spacial score (nSPS) is 15.6. The lowest BCUT2D eigenvalue weighted by molar-refractivity contribution is -0.126. The number of aromatic hydroxyl groups is 1. The van der Waals surface area contributed by atoms with E-state index in [-0.39, 0.29) is 24.1 Å². The highest BCUT2D eigenvalue weighted by molar-refractivity contribution is 8.26. The maximum absolute atomic E-state index is 12.6. The second kappa shape index (κ2) is 7.90. The number of hydrogen-bond acceptors (Lipinski definition) is 5. The molecule has 1 aliphatic rings. The molecule has 132 valence electrons. The van der Waals surface area contributed by atoms with Gasteiger partial charge in [-0.2, -0.15) is 0 Å². The fourth-order valence-electron chi connectivity index (χ4n) is 2.26. The van der Waals surface area contributed by atoms with Gasteiger partial charge in [-0.05, 0) is 42.0 Å². The standard InChI is InChI=1S/C18H13ClN2O3S2/c19-14-4-2-1-3-11(14)9-15-17(24)21(18(25)26-15)10-16(23)20-12-5-7-13(22)8-6-12/h1-9,22H,10H2,(H,20,23). The monoisotopic (exact) mass is 404 g/mol. The number of thioether (sulfide) groups is 1. The van der Waals surface area contributed by atoms with Crippen molar-refractivity contribution in [3.63, 3.8) is 0 Å². The Morgan fingerprint density at radius 3 is 2.62 bits per heavy atom. The van der Waals surface area contributed by atoms with Crippen LogP contribution in [0.25, 0.3) is 6.08 Å².